The van der Waals surface area contributed by atoms with E-state index in [4.69, 9.17) is 30.2 Å². The summed E-state index contributed by atoms with van der Waals surface area (Å²) < 4.78 is 25.3. The molecule has 36 heavy (non-hydrogen) atoms. The van der Waals surface area contributed by atoms with Crippen LogP contribution in [0, 0.1) is 3.57 Å². The van der Waals surface area contributed by atoms with Gasteiger partial charge in [-0.25, -0.2) is 0 Å². The number of aliphatic hydroxyl groups excluding tert-OH is 1. The highest BCUT2D eigenvalue weighted by atomic mass is 127. The van der Waals surface area contributed by atoms with E-state index in [1.54, 1.807) is 14.2 Å². The maximum absolute atomic E-state index is 10.4. The number of rotatable bonds is 10. The van der Waals surface area contributed by atoms with Gasteiger partial charge in [0.15, 0.2) is 19.8 Å². The maximum Gasteiger partial charge on any atom is 0.203 e. The number of ether oxygens (including phenoxy) is 3. The fourth-order valence-electron chi connectivity index (χ4n) is 4.07. The number of aliphatic hydroxyl groups is 1. The van der Waals surface area contributed by atoms with Crippen LogP contribution in [0.2, 0.25) is 18.1 Å². The predicted molar refractivity (Wildman–Crippen MR) is 157 cm³/mol. The molecule has 0 bridgehead atoms. The molecule has 1 aliphatic rings. The van der Waals surface area contributed by atoms with E-state index in [-0.39, 0.29) is 16.5 Å². The molecule has 0 unspecified atom stereocenters. The van der Waals surface area contributed by atoms with Crippen molar-refractivity contribution in [2.24, 2.45) is 0 Å². The smallest absolute Gasteiger partial charge is 0.203 e. The number of halogens is 2. The third kappa shape index (κ3) is 6.78. The van der Waals surface area contributed by atoms with Crippen molar-refractivity contribution in [3.8, 4) is 17.2 Å². The van der Waals surface area contributed by atoms with Crippen LogP contribution in [0.15, 0.2) is 48.0 Å². The summed E-state index contributed by atoms with van der Waals surface area (Å²) in [5, 5.41) is 10.2. The fraction of sp³-hybridized carbons (Fsp3) is 0.500. The van der Waals surface area contributed by atoms with Gasteiger partial charge in [-0.3, -0.25) is 0 Å². The highest BCUT2D eigenvalue weighted by Crippen LogP contribution is 2.45. The molecular weight excluding hydrogens is 607 g/mol. The predicted octanol–water partition coefficient (Wildman–Crippen LogP) is 7.12. The monoisotopic (exact) mass is 644 g/mol. The summed E-state index contributed by atoms with van der Waals surface area (Å²) in [6.07, 6.45) is 2.16. The van der Waals surface area contributed by atoms with Crippen molar-refractivity contribution in [2.75, 3.05) is 14.2 Å². The van der Waals surface area contributed by atoms with Gasteiger partial charge in [0.25, 0.3) is 0 Å². The van der Waals surface area contributed by atoms with Crippen LogP contribution in [0.4, 0.5) is 0 Å². The first-order chi connectivity index (χ1) is 16.9. The van der Waals surface area contributed by atoms with Crippen LogP contribution in [0.25, 0.3) is 0 Å². The van der Waals surface area contributed by atoms with E-state index in [1.165, 1.54) is 0 Å². The van der Waals surface area contributed by atoms with Crippen LogP contribution >= 0.6 is 34.2 Å². The topological polar surface area (TPSA) is 57.2 Å². The van der Waals surface area contributed by atoms with Crippen LogP contribution in [0.1, 0.15) is 38.3 Å². The SMILES string of the molecule is COc1c(OCc2ccccc2)cc(I)c(C[C@H](Cl)C2=C[C@H](O)C[C@@H]2O[Si](C)(C)C(C)(C)C)c1OC. The highest BCUT2D eigenvalue weighted by molar-refractivity contribution is 14.1. The zero-order chi connectivity index (χ0) is 26.7. The second-order valence-corrected chi connectivity index (χ2v) is 17.1. The standard InChI is InChI=1S/C28H38ClIO5Si/c1-28(2,3)36(6,7)35-24-14-19(31)13-20(24)22(29)15-21-23(30)16-25(27(33-5)26(21)32-4)34-17-18-11-9-8-10-12-18/h8-13,16,19,22,24,31H,14-15,17H2,1-7H3/t19-,22-,24-/m0/s1. The Kier molecular flexibility index (Phi) is 9.82. The minimum absolute atomic E-state index is 0.0645. The van der Waals surface area contributed by atoms with E-state index in [1.807, 2.05) is 42.5 Å². The first-order valence-corrected chi connectivity index (χ1v) is 16.6. The van der Waals surface area contributed by atoms with Crippen LogP contribution < -0.4 is 14.2 Å². The highest BCUT2D eigenvalue weighted by Gasteiger charge is 2.42. The zero-order valence-corrected chi connectivity index (χ0v) is 26.1. The summed E-state index contributed by atoms with van der Waals surface area (Å²) >= 11 is 9.32. The molecular formula is C28H38ClIO5Si. The lowest BCUT2D eigenvalue weighted by molar-refractivity contribution is 0.150. The van der Waals surface area contributed by atoms with Gasteiger partial charge in [-0.1, -0.05) is 57.2 Å². The molecule has 5 nitrogen and oxygen atoms in total. The van der Waals surface area contributed by atoms with Gasteiger partial charge in [-0.15, -0.1) is 11.6 Å². The minimum Gasteiger partial charge on any atom is -0.492 e. The van der Waals surface area contributed by atoms with E-state index in [9.17, 15) is 5.11 Å². The minimum atomic E-state index is -2.04. The Morgan fingerprint density at radius 3 is 2.33 bits per heavy atom. The van der Waals surface area contributed by atoms with Gasteiger partial charge in [0.2, 0.25) is 5.75 Å². The molecule has 0 amide bonds. The van der Waals surface area contributed by atoms with E-state index < -0.39 is 14.4 Å². The first kappa shape index (κ1) is 29.3. The summed E-state index contributed by atoms with van der Waals surface area (Å²) in [5.74, 6) is 1.77. The quantitative estimate of drug-likeness (QED) is 0.129. The third-order valence-electron chi connectivity index (χ3n) is 7.10. The van der Waals surface area contributed by atoms with Crippen molar-refractivity contribution in [3.63, 3.8) is 0 Å². The van der Waals surface area contributed by atoms with Gasteiger partial charge < -0.3 is 23.7 Å². The Hall–Kier alpha value is -1.26. The van der Waals surface area contributed by atoms with E-state index >= 15 is 0 Å². The molecule has 3 rings (SSSR count). The van der Waals surface area contributed by atoms with Crippen molar-refractivity contribution in [3.05, 3.63) is 62.7 Å². The van der Waals surface area contributed by atoms with Crippen LogP contribution in [-0.2, 0) is 17.5 Å². The Morgan fingerprint density at radius 1 is 1.11 bits per heavy atom. The summed E-state index contributed by atoms with van der Waals surface area (Å²) in [6, 6.07) is 12.0. The summed E-state index contributed by atoms with van der Waals surface area (Å²) in [6.45, 7) is 11.5. The Morgan fingerprint density at radius 2 is 1.75 bits per heavy atom. The number of methoxy groups -OCH3 is 2. The first-order valence-electron chi connectivity index (χ1n) is 12.2. The number of benzene rings is 2. The van der Waals surface area contributed by atoms with Gasteiger partial charge in [0, 0.05) is 15.6 Å². The molecule has 0 radical (unpaired) electrons. The molecule has 0 aromatic heterocycles. The average molecular weight is 645 g/mol. The van der Waals surface area contributed by atoms with Gasteiger partial charge in [-0.2, -0.15) is 0 Å². The van der Waals surface area contributed by atoms with Gasteiger partial charge in [0.05, 0.1) is 31.8 Å². The molecule has 1 N–H and O–H groups in total. The number of hydrogen-bond donors (Lipinski definition) is 1. The summed E-state index contributed by atoms with van der Waals surface area (Å²) in [4.78, 5) is 0. The Bertz CT molecular complexity index is 1070. The molecule has 0 saturated carbocycles. The largest absolute Gasteiger partial charge is 0.492 e. The van der Waals surface area contributed by atoms with Gasteiger partial charge in [-0.05, 0) is 64.3 Å². The van der Waals surface area contributed by atoms with Crippen molar-refractivity contribution in [1.29, 1.82) is 0 Å². The summed E-state index contributed by atoms with van der Waals surface area (Å²) in [7, 11) is 1.20. The molecule has 0 heterocycles. The maximum atomic E-state index is 10.4. The molecule has 8 heteroatoms. The van der Waals surface area contributed by atoms with Crippen LogP contribution in [0.5, 0.6) is 17.2 Å². The lowest BCUT2D eigenvalue weighted by atomic mass is 10.0. The lowest BCUT2D eigenvalue weighted by Crippen LogP contribution is -2.44. The summed E-state index contributed by atoms with van der Waals surface area (Å²) in [5.41, 5.74) is 2.95. The van der Waals surface area contributed by atoms with Gasteiger partial charge >= 0.3 is 0 Å². The van der Waals surface area contributed by atoms with E-state index in [0.717, 1.165) is 20.3 Å². The molecule has 0 saturated heterocycles. The van der Waals surface area contributed by atoms with E-state index in [0.29, 0.717) is 36.7 Å². The molecule has 0 spiro atoms. The normalized spacial score (nSPS) is 19.1. The lowest BCUT2D eigenvalue weighted by Gasteiger charge is -2.39. The molecule has 3 atom stereocenters. The Labute approximate surface area is 235 Å². The average Bonchev–Trinajstić information content (AvgIpc) is 3.17. The van der Waals surface area contributed by atoms with Crippen LogP contribution in [-0.4, -0.2) is 45.2 Å². The van der Waals surface area contributed by atoms with Crippen molar-refractivity contribution >= 4 is 42.5 Å². The molecule has 2 aromatic rings. The van der Waals surface area contributed by atoms with Crippen molar-refractivity contribution in [1.82, 2.24) is 0 Å². The van der Waals surface area contributed by atoms with E-state index in [2.05, 4.69) is 56.5 Å². The van der Waals surface area contributed by atoms with Gasteiger partial charge in [0.1, 0.15) is 6.61 Å². The van der Waals surface area contributed by atoms with Crippen molar-refractivity contribution < 1.29 is 23.7 Å². The molecule has 198 valence electrons. The Balaban J connectivity index is 1.86. The van der Waals surface area contributed by atoms with Crippen molar-refractivity contribution in [2.45, 2.75) is 75.9 Å². The molecule has 2 aromatic carbocycles. The third-order valence-corrected chi connectivity index (χ3v) is 13.0. The van der Waals surface area contributed by atoms with Crippen LogP contribution in [0.3, 0.4) is 0 Å². The number of alkyl halides is 1. The zero-order valence-electron chi connectivity index (χ0n) is 22.2. The molecule has 0 fully saturated rings. The molecule has 0 aliphatic heterocycles. The second-order valence-electron chi connectivity index (χ2n) is 10.7. The second kappa shape index (κ2) is 12.1. The molecule has 1 aliphatic carbocycles. The number of hydrogen-bond acceptors (Lipinski definition) is 5. The fourth-order valence-corrected chi connectivity index (χ4v) is 6.48.